The molecule has 1 heterocycles. The lowest BCUT2D eigenvalue weighted by Gasteiger charge is -2.15. The number of methoxy groups -OCH3 is 1. The Kier molecular flexibility index (Phi) is 7.89. The molecule has 0 aliphatic rings. The molecule has 0 amide bonds. The summed E-state index contributed by atoms with van der Waals surface area (Å²) < 4.78 is 16.1. The van der Waals surface area contributed by atoms with Crippen molar-refractivity contribution in [3.05, 3.63) is 50.8 Å². The minimum absolute atomic E-state index is 0.113. The number of aromatic nitrogens is 1. The predicted molar refractivity (Wildman–Crippen MR) is 118 cm³/mol. The van der Waals surface area contributed by atoms with Gasteiger partial charge >= 0.3 is 5.97 Å². The lowest BCUT2D eigenvalue weighted by Crippen LogP contribution is -2.13. The maximum atomic E-state index is 13.2. The van der Waals surface area contributed by atoms with Crippen LogP contribution in [0.3, 0.4) is 0 Å². The molecule has 31 heavy (non-hydrogen) atoms. The number of carbonyl (C=O) groups is 2. The smallest absolute Gasteiger partial charge is 0.340 e. The van der Waals surface area contributed by atoms with Gasteiger partial charge in [-0.1, -0.05) is 11.6 Å². The molecule has 0 fully saturated rings. The molecule has 0 saturated heterocycles. The van der Waals surface area contributed by atoms with Gasteiger partial charge in [0.25, 0.3) is 0 Å². The predicted octanol–water partition coefficient (Wildman–Crippen LogP) is 5.05. The van der Waals surface area contributed by atoms with Gasteiger partial charge in [-0.15, -0.1) is 0 Å². The summed E-state index contributed by atoms with van der Waals surface area (Å²) in [5.41, 5.74) is 1.52. The fraction of sp³-hybridized carbons (Fsp3) is 0.348. The first-order valence-corrected chi connectivity index (χ1v) is 10.1. The molecular weight excluding hydrogens is 420 g/mol. The van der Waals surface area contributed by atoms with E-state index in [1.807, 2.05) is 19.9 Å². The highest BCUT2D eigenvalue weighted by Crippen LogP contribution is 2.38. The van der Waals surface area contributed by atoms with Gasteiger partial charge in [0.15, 0.2) is 11.5 Å². The Morgan fingerprint density at radius 3 is 2.42 bits per heavy atom. The Bertz CT molecular complexity index is 1080. The minimum atomic E-state index is -0.620. The first-order chi connectivity index (χ1) is 14.6. The second-order valence-electron chi connectivity index (χ2n) is 7.05. The van der Waals surface area contributed by atoms with Crippen molar-refractivity contribution in [3.8, 4) is 17.6 Å². The fourth-order valence-corrected chi connectivity index (χ4v) is 3.41. The number of Topliss-reactive ketones (excluding diaryl/α,β-unsaturated/α-hetero) is 1. The standard InChI is InChI=1S/C23H25ClN2O5/c1-7-30-23(28)20-14(5)26-13(4)19(20)21(27)16(11-25)8-15-9-17(24)22(31-12(2)3)18(10-15)29-6/h8-10,12,26H,7H2,1-6H3/b16-8+. The molecule has 0 atom stereocenters. The Hall–Kier alpha value is -3.24. The molecule has 0 bridgehead atoms. The summed E-state index contributed by atoms with van der Waals surface area (Å²) in [6.07, 6.45) is 1.28. The van der Waals surface area contributed by atoms with Crippen molar-refractivity contribution < 1.29 is 23.8 Å². The number of nitrogens with one attached hydrogen (secondary N) is 1. The molecule has 0 radical (unpaired) electrons. The number of halogens is 1. The number of aromatic amines is 1. The molecule has 1 aromatic heterocycles. The number of H-pyrrole nitrogens is 1. The first-order valence-electron chi connectivity index (χ1n) is 9.71. The molecule has 0 saturated carbocycles. The van der Waals surface area contributed by atoms with E-state index in [1.54, 1.807) is 32.9 Å². The Balaban J connectivity index is 2.55. The topological polar surface area (TPSA) is 101 Å². The zero-order valence-electron chi connectivity index (χ0n) is 18.4. The van der Waals surface area contributed by atoms with Gasteiger partial charge in [-0.25, -0.2) is 4.79 Å². The molecule has 2 rings (SSSR count). The molecule has 0 aliphatic heterocycles. The van der Waals surface area contributed by atoms with Crippen molar-refractivity contribution in [2.45, 2.75) is 40.7 Å². The van der Waals surface area contributed by atoms with Gasteiger partial charge in [0, 0.05) is 11.4 Å². The van der Waals surface area contributed by atoms with Gasteiger partial charge in [-0.2, -0.15) is 5.26 Å². The summed E-state index contributed by atoms with van der Waals surface area (Å²) in [5.74, 6) is -0.462. The van der Waals surface area contributed by atoms with Crippen LogP contribution < -0.4 is 9.47 Å². The number of nitrogens with zero attached hydrogens (tertiary/aromatic N) is 1. The number of rotatable bonds is 8. The van der Waals surface area contributed by atoms with Crippen LogP contribution in [0.15, 0.2) is 17.7 Å². The molecule has 0 aliphatic carbocycles. The number of esters is 1. The summed E-state index contributed by atoms with van der Waals surface area (Å²) in [6.45, 7) is 8.90. The first kappa shape index (κ1) is 24.0. The summed E-state index contributed by atoms with van der Waals surface area (Å²) in [5, 5.41) is 9.95. The summed E-state index contributed by atoms with van der Waals surface area (Å²) in [7, 11) is 1.47. The van der Waals surface area contributed by atoms with Gasteiger partial charge in [0.05, 0.1) is 36.0 Å². The largest absolute Gasteiger partial charge is 0.493 e. The number of allylic oxidation sites excluding steroid dienone is 1. The van der Waals surface area contributed by atoms with Gasteiger partial charge in [-0.05, 0) is 58.4 Å². The fourth-order valence-electron chi connectivity index (χ4n) is 3.15. The maximum Gasteiger partial charge on any atom is 0.340 e. The monoisotopic (exact) mass is 444 g/mol. The van der Waals surface area contributed by atoms with E-state index >= 15 is 0 Å². The second kappa shape index (κ2) is 10.2. The summed E-state index contributed by atoms with van der Waals surface area (Å²) in [6, 6.07) is 5.12. The lowest BCUT2D eigenvalue weighted by atomic mass is 9.98. The van der Waals surface area contributed by atoms with Crippen LogP contribution in [0, 0.1) is 25.2 Å². The number of carbonyl (C=O) groups excluding carboxylic acids is 2. The third-order valence-electron chi connectivity index (χ3n) is 4.36. The number of hydrogen-bond acceptors (Lipinski definition) is 6. The van der Waals surface area contributed by atoms with E-state index in [0.717, 1.165) is 0 Å². The second-order valence-corrected chi connectivity index (χ2v) is 7.45. The molecule has 8 heteroatoms. The van der Waals surface area contributed by atoms with Crippen LogP contribution in [-0.2, 0) is 4.74 Å². The van der Waals surface area contributed by atoms with E-state index in [-0.39, 0.29) is 34.4 Å². The zero-order chi connectivity index (χ0) is 23.3. The number of hydrogen-bond donors (Lipinski definition) is 1. The maximum absolute atomic E-state index is 13.2. The normalized spacial score (nSPS) is 11.3. The van der Waals surface area contributed by atoms with E-state index in [4.69, 9.17) is 25.8 Å². The molecular formula is C23H25ClN2O5. The minimum Gasteiger partial charge on any atom is -0.493 e. The number of ketones is 1. The Morgan fingerprint density at radius 1 is 1.23 bits per heavy atom. The highest BCUT2D eigenvalue weighted by atomic mass is 35.5. The Labute approximate surface area is 186 Å². The number of ether oxygens (including phenoxy) is 3. The van der Waals surface area contributed by atoms with Gasteiger partial charge in [-0.3, -0.25) is 4.79 Å². The quantitative estimate of drug-likeness (QED) is 0.264. The highest BCUT2D eigenvalue weighted by molar-refractivity contribution is 6.32. The van der Waals surface area contributed by atoms with E-state index in [2.05, 4.69) is 4.98 Å². The van der Waals surface area contributed by atoms with Crippen LogP contribution in [0.5, 0.6) is 11.5 Å². The van der Waals surface area contributed by atoms with Crippen molar-refractivity contribution in [1.29, 1.82) is 5.26 Å². The van der Waals surface area contributed by atoms with Gasteiger partial charge < -0.3 is 19.2 Å². The molecule has 0 unspecified atom stereocenters. The van der Waals surface area contributed by atoms with E-state index in [0.29, 0.717) is 28.5 Å². The van der Waals surface area contributed by atoms with Gasteiger partial charge in [0.2, 0.25) is 5.78 Å². The molecule has 0 spiro atoms. The average molecular weight is 445 g/mol. The number of nitriles is 1. The SMILES string of the molecule is CCOC(=O)c1c(C)[nH]c(C)c1C(=O)/C(C#N)=C/c1cc(Cl)c(OC(C)C)c(OC)c1. The zero-order valence-corrected chi connectivity index (χ0v) is 19.1. The van der Waals surface area contributed by atoms with E-state index in [9.17, 15) is 14.9 Å². The van der Waals surface area contributed by atoms with Crippen LogP contribution in [0.4, 0.5) is 0 Å². The van der Waals surface area contributed by atoms with E-state index in [1.165, 1.54) is 13.2 Å². The molecule has 1 N–H and O–H groups in total. The van der Waals surface area contributed by atoms with Crippen LogP contribution in [0.1, 0.15) is 58.4 Å². The Morgan fingerprint density at radius 2 is 1.87 bits per heavy atom. The highest BCUT2D eigenvalue weighted by Gasteiger charge is 2.27. The van der Waals surface area contributed by atoms with Crippen molar-refractivity contribution in [2.24, 2.45) is 0 Å². The number of aryl methyl sites for hydroxylation is 2. The molecule has 1 aromatic carbocycles. The van der Waals surface area contributed by atoms with Crippen molar-refractivity contribution in [2.75, 3.05) is 13.7 Å². The van der Waals surface area contributed by atoms with Crippen LogP contribution >= 0.6 is 11.6 Å². The average Bonchev–Trinajstić information content (AvgIpc) is 3.00. The molecule has 7 nitrogen and oxygen atoms in total. The third-order valence-corrected chi connectivity index (χ3v) is 4.64. The summed E-state index contributed by atoms with van der Waals surface area (Å²) in [4.78, 5) is 28.5. The van der Waals surface area contributed by atoms with Crippen molar-refractivity contribution in [1.82, 2.24) is 4.98 Å². The molecule has 2 aromatic rings. The summed E-state index contributed by atoms with van der Waals surface area (Å²) >= 11 is 6.34. The number of benzene rings is 1. The van der Waals surface area contributed by atoms with Crippen molar-refractivity contribution in [3.63, 3.8) is 0 Å². The van der Waals surface area contributed by atoms with Crippen LogP contribution in [0.2, 0.25) is 5.02 Å². The van der Waals surface area contributed by atoms with Crippen LogP contribution in [0.25, 0.3) is 6.08 Å². The lowest BCUT2D eigenvalue weighted by molar-refractivity contribution is 0.0523. The molecule has 164 valence electrons. The van der Waals surface area contributed by atoms with Crippen LogP contribution in [-0.4, -0.2) is 36.6 Å². The van der Waals surface area contributed by atoms with E-state index < -0.39 is 11.8 Å². The van der Waals surface area contributed by atoms with Crippen molar-refractivity contribution >= 4 is 29.4 Å². The third kappa shape index (κ3) is 5.28. The van der Waals surface area contributed by atoms with Gasteiger partial charge in [0.1, 0.15) is 11.6 Å².